The molecule has 1 aliphatic rings. The molecule has 0 spiro atoms. The topological polar surface area (TPSA) is 54.3 Å². The largest absolute Gasteiger partial charge is 0.451 e. The molecule has 102 valence electrons. The third-order valence-electron chi connectivity index (χ3n) is 3.28. The number of amides is 1. The third kappa shape index (κ3) is 3.08. The number of fused-ring (bicyclic) bond motifs is 1. The maximum absolute atomic E-state index is 12.0. The van der Waals surface area contributed by atoms with Gasteiger partial charge in [-0.15, -0.1) is 12.4 Å². The lowest BCUT2D eigenvalue weighted by molar-refractivity contribution is 0.0905. The second kappa shape index (κ2) is 6.08. The zero-order valence-electron chi connectivity index (χ0n) is 10.5. The van der Waals surface area contributed by atoms with Crippen LogP contribution in [-0.2, 0) is 0 Å². The van der Waals surface area contributed by atoms with E-state index in [0.29, 0.717) is 5.76 Å². The molecule has 2 heterocycles. The number of hydrogen-bond donors (Lipinski definition) is 2. The summed E-state index contributed by atoms with van der Waals surface area (Å²) in [4.78, 5) is 12.0. The number of furan rings is 1. The van der Waals surface area contributed by atoms with Crippen LogP contribution in [0.4, 0.5) is 0 Å². The maximum Gasteiger partial charge on any atom is 0.287 e. The number of para-hydroxylation sites is 1. The SMILES string of the molecule is Cl.O=C(N[C@H]1CCCNC1)c1cc2ccccc2o1. The second-order valence-corrected chi connectivity index (χ2v) is 4.67. The summed E-state index contributed by atoms with van der Waals surface area (Å²) >= 11 is 0. The molecule has 0 saturated carbocycles. The average Bonchev–Trinajstić information content (AvgIpc) is 2.84. The van der Waals surface area contributed by atoms with Gasteiger partial charge in [0.05, 0.1) is 0 Å². The number of rotatable bonds is 2. The number of carbonyl (C=O) groups excluding carboxylic acids is 1. The Morgan fingerprint density at radius 2 is 2.21 bits per heavy atom. The minimum atomic E-state index is -0.125. The van der Waals surface area contributed by atoms with Crippen molar-refractivity contribution in [2.45, 2.75) is 18.9 Å². The Hall–Kier alpha value is -1.52. The molecule has 1 aromatic heterocycles. The van der Waals surface area contributed by atoms with E-state index >= 15 is 0 Å². The number of nitrogens with one attached hydrogen (secondary N) is 2. The quantitative estimate of drug-likeness (QED) is 0.888. The lowest BCUT2D eigenvalue weighted by Gasteiger charge is -2.23. The average molecular weight is 281 g/mol. The standard InChI is InChI=1S/C14H16N2O2.ClH/c17-14(16-11-5-3-7-15-9-11)13-8-10-4-1-2-6-12(10)18-13;/h1-2,4,6,8,11,15H,3,5,7,9H2,(H,16,17);1H/t11-;/m0./s1. The smallest absolute Gasteiger partial charge is 0.287 e. The van der Waals surface area contributed by atoms with Crippen LogP contribution in [0.25, 0.3) is 11.0 Å². The van der Waals surface area contributed by atoms with E-state index in [0.717, 1.165) is 36.9 Å². The predicted octanol–water partition coefficient (Wildman–Crippen LogP) is 2.34. The summed E-state index contributed by atoms with van der Waals surface area (Å²) in [5.74, 6) is 0.265. The summed E-state index contributed by atoms with van der Waals surface area (Å²) in [6, 6.07) is 9.65. The first-order valence-corrected chi connectivity index (χ1v) is 6.33. The first kappa shape index (κ1) is 13.9. The summed E-state index contributed by atoms with van der Waals surface area (Å²) in [7, 11) is 0. The highest BCUT2D eigenvalue weighted by atomic mass is 35.5. The van der Waals surface area contributed by atoms with Crippen molar-refractivity contribution in [3.63, 3.8) is 0 Å². The normalized spacial score (nSPS) is 18.8. The zero-order chi connectivity index (χ0) is 12.4. The van der Waals surface area contributed by atoms with Crippen molar-refractivity contribution >= 4 is 29.3 Å². The molecular weight excluding hydrogens is 264 g/mol. The minimum Gasteiger partial charge on any atom is -0.451 e. The highest BCUT2D eigenvalue weighted by Crippen LogP contribution is 2.18. The monoisotopic (exact) mass is 280 g/mol. The van der Waals surface area contributed by atoms with E-state index in [9.17, 15) is 4.79 Å². The highest BCUT2D eigenvalue weighted by molar-refractivity contribution is 5.96. The molecule has 1 aliphatic heterocycles. The van der Waals surface area contributed by atoms with Crippen LogP contribution < -0.4 is 10.6 Å². The highest BCUT2D eigenvalue weighted by Gasteiger charge is 2.18. The Labute approximate surface area is 118 Å². The van der Waals surface area contributed by atoms with E-state index in [1.54, 1.807) is 6.07 Å². The first-order chi connectivity index (χ1) is 8.83. The van der Waals surface area contributed by atoms with Crippen molar-refractivity contribution < 1.29 is 9.21 Å². The molecule has 0 radical (unpaired) electrons. The molecular formula is C14H17ClN2O2. The molecule has 0 bridgehead atoms. The van der Waals surface area contributed by atoms with E-state index in [1.165, 1.54) is 0 Å². The van der Waals surface area contributed by atoms with Gasteiger partial charge in [0.25, 0.3) is 5.91 Å². The summed E-state index contributed by atoms with van der Waals surface area (Å²) in [5, 5.41) is 7.24. The Bertz CT molecular complexity index is 528. The van der Waals surface area contributed by atoms with Gasteiger partial charge < -0.3 is 15.1 Å². The number of hydrogen-bond acceptors (Lipinski definition) is 3. The lowest BCUT2D eigenvalue weighted by Crippen LogP contribution is -2.45. The molecule has 0 aliphatic carbocycles. The van der Waals surface area contributed by atoms with Crippen LogP contribution in [0.15, 0.2) is 34.7 Å². The van der Waals surface area contributed by atoms with Crippen LogP contribution in [0.2, 0.25) is 0 Å². The van der Waals surface area contributed by atoms with Crippen LogP contribution in [0.3, 0.4) is 0 Å². The van der Waals surface area contributed by atoms with Gasteiger partial charge in [-0.2, -0.15) is 0 Å². The van der Waals surface area contributed by atoms with Crippen LogP contribution in [0.5, 0.6) is 0 Å². The Morgan fingerprint density at radius 3 is 2.95 bits per heavy atom. The van der Waals surface area contributed by atoms with Gasteiger partial charge in [0.2, 0.25) is 0 Å². The second-order valence-electron chi connectivity index (χ2n) is 4.67. The number of benzene rings is 1. The van der Waals surface area contributed by atoms with Crippen molar-refractivity contribution in [3.8, 4) is 0 Å². The van der Waals surface area contributed by atoms with E-state index in [4.69, 9.17) is 4.42 Å². The fraction of sp³-hybridized carbons (Fsp3) is 0.357. The Morgan fingerprint density at radius 1 is 1.37 bits per heavy atom. The van der Waals surface area contributed by atoms with Crippen molar-refractivity contribution in [2.75, 3.05) is 13.1 Å². The van der Waals surface area contributed by atoms with Gasteiger partial charge in [-0.1, -0.05) is 18.2 Å². The molecule has 3 rings (SSSR count). The van der Waals surface area contributed by atoms with Crippen LogP contribution in [0.1, 0.15) is 23.4 Å². The fourth-order valence-electron chi connectivity index (χ4n) is 2.33. The zero-order valence-corrected chi connectivity index (χ0v) is 11.3. The van der Waals surface area contributed by atoms with Gasteiger partial charge >= 0.3 is 0 Å². The minimum absolute atomic E-state index is 0. The summed E-state index contributed by atoms with van der Waals surface area (Å²) in [5.41, 5.74) is 0.754. The predicted molar refractivity (Wildman–Crippen MR) is 76.8 cm³/mol. The van der Waals surface area contributed by atoms with Crippen molar-refractivity contribution in [1.82, 2.24) is 10.6 Å². The Kier molecular flexibility index (Phi) is 4.45. The summed E-state index contributed by atoms with van der Waals surface area (Å²) in [6.07, 6.45) is 2.13. The summed E-state index contributed by atoms with van der Waals surface area (Å²) < 4.78 is 5.54. The number of piperidine rings is 1. The third-order valence-corrected chi connectivity index (χ3v) is 3.28. The van der Waals surface area contributed by atoms with E-state index in [2.05, 4.69) is 10.6 Å². The maximum atomic E-state index is 12.0. The molecule has 1 fully saturated rings. The van der Waals surface area contributed by atoms with Gasteiger partial charge in [-0.05, 0) is 31.5 Å². The van der Waals surface area contributed by atoms with Gasteiger partial charge in [-0.3, -0.25) is 4.79 Å². The number of carbonyl (C=O) groups is 1. The molecule has 1 amide bonds. The molecule has 2 N–H and O–H groups in total. The van der Waals surface area contributed by atoms with E-state index in [1.807, 2.05) is 24.3 Å². The van der Waals surface area contributed by atoms with Crippen molar-refractivity contribution in [2.24, 2.45) is 0 Å². The van der Waals surface area contributed by atoms with Crippen molar-refractivity contribution in [3.05, 3.63) is 36.1 Å². The van der Waals surface area contributed by atoms with Gasteiger partial charge in [0.1, 0.15) is 5.58 Å². The molecule has 1 aromatic carbocycles. The van der Waals surface area contributed by atoms with Crippen LogP contribution >= 0.6 is 12.4 Å². The number of halogens is 1. The van der Waals surface area contributed by atoms with Crippen LogP contribution in [-0.4, -0.2) is 25.0 Å². The molecule has 0 unspecified atom stereocenters. The Balaban J connectivity index is 0.00000133. The van der Waals surface area contributed by atoms with E-state index in [-0.39, 0.29) is 24.4 Å². The van der Waals surface area contributed by atoms with E-state index < -0.39 is 0 Å². The molecule has 19 heavy (non-hydrogen) atoms. The molecule has 2 aromatic rings. The van der Waals surface area contributed by atoms with Gasteiger partial charge in [0.15, 0.2) is 5.76 Å². The molecule has 1 atom stereocenters. The lowest BCUT2D eigenvalue weighted by atomic mass is 10.1. The van der Waals surface area contributed by atoms with Crippen LogP contribution in [0, 0.1) is 0 Å². The van der Waals surface area contributed by atoms with Gasteiger partial charge in [0, 0.05) is 18.0 Å². The fourth-order valence-corrected chi connectivity index (χ4v) is 2.33. The first-order valence-electron chi connectivity index (χ1n) is 6.33. The molecule has 5 heteroatoms. The summed E-state index contributed by atoms with van der Waals surface area (Å²) in [6.45, 7) is 1.88. The van der Waals surface area contributed by atoms with Crippen molar-refractivity contribution in [1.29, 1.82) is 0 Å². The molecule has 1 saturated heterocycles. The molecule has 4 nitrogen and oxygen atoms in total. The van der Waals surface area contributed by atoms with Gasteiger partial charge in [-0.25, -0.2) is 0 Å².